The number of carbonyl (C=O) groups excluding carboxylic acids is 1. The van der Waals surface area contributed by atoms with Crippen molar-refractivity contribution in [2.24, 2.45) is 0 Å². The average Bonchev–Trinajstić information content (AvgIpc) is 2.66. The Morgan fingerprint density at radius 2 is 1.79 bits per heavy atom. The second kappa shape index (κ2) is 8.63. The van der Waals surface area contributed by atoms with E-state index >= 15 is 0 Å². The Morgan fingerprint density at radius 1 is 1.11 bits per heavy atom. The lowest BCUT2D eigenvalue weighted by molar-refractivity contribution is -0.143. The Labute approximate surface area is 163 Å². The van der Waals surface area contributed by atoms with Gasteiger partial charge in [0.2, 0.25) is 0 Å². The van der Waals surface area contributed by atoms with Crippen LogP contribution in [0.25, 0.3) is 12.2 Å². The summed E-state index contributed by atoms with van der Waals surface area (Å²) < 4.78 is 43.0. The number of hydrogen-bond acceptors (Lipinski definition) is 2. The quantitative estimate of drug-likeness (QED) is 0.447. The molecule has 0 N–H and O–H groups in total. The molecule has 0 aliphatic heterocycles. The molecule has 2 nitrogen and oxygen atoms in total. The molecule has 0 saturated heterocycles. The van der Waals surface area contributed by atoms with Crippen LogP contribution in [0.3, 0.4) is 0 Å². The average molecular weight is 388 g/mol. The van der Waals surface area contributed by atoms with Gasteiger partial charge in [-0.3, -0.25) is 4.79 Å². The number of esters is 1. The first-order valence-corrected chi connectivity index (χ1v) is 9.50. The van der Waals surface area contributed by atoms with Gasteiger partial charge in [-0.25, -0.2) is 0 Å². The van der Waals surface area contributed by atoms with Gasteiger partial charge in [0.1, 0.15) is 0 Å². The van der Waals surface area contributed by atoms with Gasteiger partial charge in [-0.15, -0.1) is 0 Å². The summed E-state index contributed by atoms with van der Waals surface area (Å²) in [5.41, 5.74) is 3.49. The molecule has 0 aromatic heterocycles. The smallest absolute Gasteiger partial charge is 0.416 e. The number of halogens is 3. The Balaban J connectivity index is 1.73. The minimum atomic E-state index is -4.32. The molecular weight excluding hydrogens is 365 g/mol. The molecule has 148 valence electrons. The highest BCUT2D eigenvalue weighted by atomic mass is 19.4. The highest BCUT2D eigenvalue weighted by Gasteiger charge is 2.29. The summed E-state index contributed by atoms with van der Waals surface area (Å²) in [5.74, 6) is 0.0300. The number of aryl methyl sites for hydroxylation is 1. The molecule has 2 aromatic carbocycles. The highest BCUT2D eigenvalue weighted by Crippen LogP contribution is 2.35. The molecule has 0 radical (unpaired) electrons. The fourth-order valence-electron chi connectivity index (χ4n) is 3.65. The fraction of sp³-hybridized carbons (Fsp3) is 0.348. The van der Waals surface area contributed by atoms with Gasteiger partial charge in [0.15, 0.2) is 0 Å². The normalized spacial score (nSPS) is 16.8. The Kier molecular flexibility index (Phi) is 6.22. The summed E-state index contributed by atoms with van der Waals surface area (Å²) in [6.45, 7) is 2.20. The van der Waals surface area contributed by atoms with E-state index in [4.69, 9.17) is 4.74 Å². The Bertz CT molecular complexity index is 851. The molecule has 0 bridgehead atoms. The number of rotatable bonds is 5. The van der Waals surface area contributed by atoms with Gasteiger partial charge in [-0.2, -0.15) is 13.2 Å². The first-order chi connectivity index (χ1) is 13.4. The molecule has 0 heterocycles. The van der Waals surface area contributed by atoms with Gasteiger partial charge in [0.25, 0.3) is 0 Å². The molecule has 0 amide bonds. The van der Waals surface area contributed by atoms with Gasteiger partial charge >= 0.3 is 12.1 Å². The van der Waals surface area contributed by atoms with Crippen LogP contribution in [0.4, 0.5) is 13.2 Å². The third-order valence-corrected chi connectivity index (χ3v) is 5.03. The van der Waals surface area contributed by atoms with Crippen molar-refractivity contribution in [1.82, 2.24) is 0 Å². The summed E-state index contributed by atoms with van der Waals surface area (Å²) in [6.07, 6.45) is 2.77. The molecule has 0 spiro atoms. The van der Waals surface area contributed by atoms with Crippen LogP contribution in [-0.4, -0.2) is 12.6 Å². The SMILES string of the molecule is CCOC(=O)C[C@H]1CCCc2cc(/C=C/c3ccc(C(F)(F)F)cc3)ccc21. The minimum Gasteiger partial charge on any atom is -0.466 e. The zero-order chi connectivity index (χ0) is 20.1. The lowest BCUT2D eigenvalue weighted by Crippen LogP contribution is -2.15. The van der Waals surface area contributed by atoms with Crippen molar-refractivity contribution in [1.29, 1.82) is 0 Å². The highest BCUT2D eigenvalue weighted by molar-refractivity contribution is 5.72. The minimum absolute atomic E-state index is 0.161. The number of hydrogen-bond donors (Lipinski definition) is 0. The molecular formula is C23H23F3O2. The largest absolute Gasteiger partial charge is 0.466 e. The van der Waals surface area contributed by atoms with E-state index in [1.807, 2.05) is 19.1 Å². The molecule has 0 unspecified atom stereocenters. The third kappa shape index (κ3) is 5.03. The van der Waals surface area contributed by atoms with Crippen molar-refractivity contribution in [3.05, 3.63) is 70.3 Å². The summed E-state index contributed by atoms with van der Waals surface area (Å²) >= 11 is 0. The van der Waals surface area contributed by atoms with E-state index in [9.17, 15) is 18.0 Å². The zero-order valence-electron chi connectivity index (χ0n) is 15.8. The van der Waals surface area contributed by atoms with E-state index in [0.717, 1.165) is 37.0 Å². The van der Waals surface area contributed by atoms with Crippen molar-refractivity contribution in [3.63, 3.8) is 0 Å². The van der Waals surface area contributed by atoms with Crippen molar-refractivity contribution in [2.45, 2.75) is 44.7 Å². The molecule has 2 aromatic rings. The molecule has 28 heavy (non-hydrogen) atoms. The zero-order valence-corrected chi connectivity index (χ0v) is 15.8. The Morgan fingerprint density at radius 3 is 2.46 bits per heavy atom. The standard InChI is InChI=1S/C23H23F3O2/c1-2-28-22(27)15-19-5-3-4-18-14-17(10-13-21(18)19)7-6-16-8-11-20(12-9-16)23(24,25)26/h6-14,19H,2-5,15H2,1H3/b7-6+/t19-/m1/s1. The molecule has 1 atom stereocenters. The maximum atomic E-state index is 12.6. The fourth-order valence-corrected chi connectivity index (χ4v) is 3.65. The number of ether oxygens (including phenoxy) is 1. The van der Waals surface area contributed by atoms with E-state index in [2.05, 4.69) is 12.1 Å². The summed E-state index contributed by atoms with van der Waals surface area (Å²) in [4.78, 5) is 11.8. The van der Waals surface area contributed by atoms with Gasteiger partial charge < -0.3 is 4.74 Å². The van der Waals surface area contributed by atoms with Crippen LogP contribution in [0.1, 0.15) is 59.9 Å². The molecule has 1 aliphatic rings. The summed E-state index contributed by atoms with van der Waals surface area (Å²) in [5, 5.41) is 0. The molecule has 0 saturated carbocycles. The molecule has 5 heteroatoms. The number of carbonyl (C=O) groups is 1. The number of fused-ring (bicyclic) bond motifs is 1. The van der Waals surface area contributed by atoms with E-state index in [0.29, 0.717) is 18.6 Å². The van der Waals surface area contributed by atoms with Gasteiger partial charge in [0, 0.05) is 0 Å². The predicted molar refractivity (Wildman–Crippen MR) is 104 cm³/mol. The van der Waals surface area contributed by atoms with Crippen molar-refractivity contribution in [2.75, 3.05) is 6.61 Å². The Hall–Kier alpha value is -2.56. The van der Waals surface area contributed by atoms with Crippen LogP contribution in [0.2, 0.25) is 0 Å². The first-order valence-electron chi connectivity index (χ1n) is 9.50. The molecule has 0 fully saturated rings. The van der Waals surface area contributed by atoms with Crippen LogP contribution in [0.5, 0.6) is 0 Å². The van der Waals surface area contributed by atoms with Crippen molar-refractivity contribution in [3.8, 4) is 0 Å². The lowest BCUT2D eigenvalue weighted by Gasteiger charge is -2.25. The van der Waals surface area contributed by atoms with Crippen molar-refractivity contribution < 1.29 is 22.7 Å². The van der Waals surface area contributed by atoms with E-state index in [1.165, 1.54) is 23.3 Å². The second-order valence-electron chi connectivity index (χ2n) is 7.01. The summed E-state index contributed by atoms with van der Waals surface area (Å²) in [7, 11) is 0. The molecule has 1 aliphatic carbocycles. The third-order valence-electron chi connectivity index (χ3n) is 5.03. The number of benzene rings is 2. The van der Waals surface area contributed by atoms with Gasteiger partial charge in [-0.05, 0) is 66.5 Å². The van der Waals surface area contributed by atoms with Crippen LogP contribution in [0.15, 0.2) is 42.5 Å². The second-order valence-corrected chi connectivity index (χ2v) is 7.01. The van der Waals surface area contributed by atoms with E-state index in [1.54, 1.807) is 6.08 Å². The molecule has 3 rings (SSSR count). The monoisotopic (exact) mass is 388 g/mol. The predicted octanol–water partition coefficient (Wildman–Crippen LogP) is 6.25. The van der Waals surface area contributed by atoms with Gasteiger partial charge in [-0.1, -0.05) is 42.5 Å². The van der Waals surface area contributed by atoms with E-state index < -0.39 is 11.7 Å². The summed E-state index contributed by atoms with van der Waals surface area (Å²) in [6, 6.07) is 11.3. The van der Waals surface area contributed by atoms with Crippen LogP contribution < -0.4 is 0 Å². The number of alkyl halides is 3. The van der Waals surface area contributed by atoms with E-state index in [-0.39, 0.29) is 11.9 Å². The lowest BCUT2D eigenvalue weighted by atomic mass is 9.80. The maximum absolute atomic E-state index is 12.6. The van der Waals surface area contributed by atoms with Crippen molar-refractivity contribution >= 4 is 18.1 Å². The van der Waals surface area contributed by atoms with Crippen LogP contribution in [0, 0.1) is 0 Å². The maximum Gasteiger partial charge on any atom is 0.416 e. The first kappa shape index (κ1) is 20.2. The van der Waals surface area contributed by atoms with Crippen LogP contribution in [-0.2, 0) is 22.1 Å². The topological polar surface area (TPSA) is 26.3 Å². The van der Waals surface area contributed by atoms with Gasteiger partial charge in [0.05, 0.1) is 18.6 Å². The van der Waals surface area contributed by atoms with Crippen LogP contribution >= 0.6 is 0 Å².